The molecule has 1 unspecified atom stereocenters. The van der Waals surface area contributed by atoms with E-state index in [0.29, 0.717) is 13.2 Å². The van der Waals surface area contributed by atoms with Crippen LogP contribution in [0.15, 0.2) is 0 Å². The van der Waals surface area contributed by atoms with E-state index in [1.807, 2.05) is 0 Å². The average molecular weight is 208 g/mol. The number of hydrogen-bond donors (Lipinski definition) is 1. The van der Waals surface area contributed by atoms with Gasteiger partial charge in [0.1, 0.15) is 0 Å². The van der Waals surface area contributed by atoms with Gasteiger partial charge in [0.2, 0.25) is 6.29 Å². The Hall–Kier alpha value is -0.240. The van der Waals surface area contributed by atoms with Crippen LogP contribution in [-0.2, 0) is 14.4 Å². The molecule has 6 nitrogen and oxygen atoms in total. The van der Waals surface area contributed by atoms with E-state index >= 15 is 0 Å². The number of hydrogen-bond acceptors (Lipinski definition) is 6. The van der Waals surface area contributed by atoms with E-state index < -0.39 is 6.29 Å². The molecule has 0 saturated carbocycles. The summed E-state index contributed by atoms with van der Waals surface area (Å²) in [4.78, 5) is 10.2. The molecular formula is C8H20N2O4. The van der Waals surface area contributed by atoms with Crippen molar-refractivity contribution in [3.63, 3.8) is 0 Å². The molecule has 0 amide bonds. The van der Waals surface area contributed by atoms with Crippen molar-refractivity contribution in [2.24, 2.45) is 0 Å². The van der Waals surface area contributed by atoms with Crippen LogP contribution in [0.1, 0.15) is 0 Å². The van der Waals surface area contributed by atoms with Crippen molar-refractivity contribution in [3.05, 3.63) is 0 Å². The summed E-state index contributed by atoms with van der Waals surface area (Å²) in [5.74, 6) is 0. The Balaban J connectivity index is 3.43. The molecule has 1 atom stereocenters. The summed E-state index contributed by atoms with van der Waals surface area (Å²) in [7, 11) is 7.03. The second-order valence-corrected chi connectivity index (χ2v) is 3.05. The lowest BCUT2D eigenvalue weighted by atomic mass is 10.7. The summed E-state index contributed by atoms with van der Waals surface area (Å²) >= 11 is 0. The van der Waals surface area contributed by atoms with Crippen LogP contribution >= 0.6 is 0 Å². The third-order valence-corrected chi connectivity index (χ3v) is 1.21. The molecule has 0 aromatic heterocycles. The van der Waals surface area contributed by atoms with E-state index in [2.05, 4.69) is 0 Å². The summed E-state index contributed by atoms with van der Waals surface area (Å²) < 4.78 is 5.19. The topological polar surface area (TPSA) is 54.4 Å². The van der Waals surface area contributed by atoms with Crippen molar-refractivity contribution < 1.29 is 19.5 Å². The number of nitrogens with zero attached hydrogens (tertiary/aromatic N) is 2. The summed E-state index contributed by atoms with van der Waals surface area (Å²) in [5, 5.41) is 11.9. The van der Waals surface area contributed by atoms with Gasteiger partial charge in [-0.25, -0.2) is 0 Å². The minimum absolute atomic E-state index is 0.180. The van der Waals surface area contributed by atoms with Gasteiger partial charge >= 0.3 is 0 Å². The summed E-state index contributed by atoms with van der Waals surface area (Å²) in [6.45, 7) is 0.623. The highest BCUT2D eigenvalue weighted by atomic mass is 16.8. The lowest BCUT2D eigenvalue weighted by Crippen LogP contribution is -2.30. The molecule has 0 spiro atoms. The van der Waals surface area contributed by atoms with E-state index in [4.69, 9.17) is 19.5 Å². The van der Waals surface area contributed by atoms with Crippen molar-refractivity contribution in [2.75, 3.05) is 48.0 Å². The second kappa shape index (κ2) is 8.10. The Bertz CT molecular complexity index is 133. The number of aliphatic hydroxyl groups excluding tert-OH is 1. The molecule has 0 aliphatic rings. The van der Waals surface area contributed by atoms with Gasteiger partial charge in [-0.3, -0.25) is 9.68 Å². The Morgan fingerprint density at radius 1 is 1.07 bits per heavy atom. The first kappa shape index (κ1) is 13.8. The molecule has 86 valence electrons. The largest absolute Gasteiger partial charge is 0.391 e. The van der Waals surface area contributed by atoms with Crippen LogP contribution in [0.5, 0.6) is 0 Å². The van der Waals surface area contributed by atoms with Gasteiger partial charge in [-0.2, -0.15) is 10.1 Å². The molecule has 0 aromatic carbocycles. The summed E-state index contributed by atoms with van der Waals surface area (Å²) in [6.07, 6.45) is -0.629. The van der Waals surface area contributed by atoms with Crippen LogP contribution in [0.25, 0.3) is 0 Å². The molecular weight excluding hydrogens is 188 g/mol. The van der Waals surface area contributed by atoms with Gasteiger partial charge in [0.05, 0.1) is 19.8 Å². The van der Waals surface area contributed by atoms with Crippen molar-refractivity contribution >= 4 is 0 Å². The SMILES string of the molecule is CN(C)OCCOC(CO)ON(C)C. The molecule has 0 fully saturated rings. The molecule has 0 aromatic rings. The fourth-order valence-corrected chi connectivity index (χ4v) is 0.751. The number of ether oxygens (including phenoxy) is 1. The number of aliphatic hydroxyl groups is 1. The monoisotopic (exact) mass is 208 g/mol. The second-order valence-electron chi connectivity index (χ2n) is 3.05. The quantitative estimate of drug-likeness (QED) is 0.324. The van der Waals surface area contributed by atoms with Gasteiger partial charge in [0.15, 0.2) is 0 Å². The van der Waals surface area contributed by atoms with Crippen LogP contribution in [0.3, 0.4) is 0 Å². The van der Waals surface area contributed by atoms with E-state index in [-0.39, 0.29) is 6.61 Å². The standard InChI is InChI=1S/C8H20N2O4/c1-9(2)13-6-5-12-8(7-11)14-10(3)4/h8,11H,5-7H2,1-4H3. The van der Waals surface area contributed by atoms with E-state index in [0.717, 1.165) is 0 Å². The Morgan fingerprint density at radius 3 is 2.14 bits per heavy atom. The zero-order chi connectivity index (χ0) is 11.0. The minimum atomic E-state index is -0.629. The van der Waals surface area contributed by atoms with Gasteiger partial charge in [0.25, 0.3) is 0 Å². The molecule has 0 heterocycles. The van der Waals surface area contributed by atoms with Gasteiger partial charge in [-0.05, 0) is 0 Å². The maximum absolute atomic E-state index is 8.86. The maximum atomic E-state index is 8.86. The van der Waals surface area contributed by atoms with E-state index in [1.165, 1.54) is 5.06 Å². The van der Waals surface area contributed by atoms with Gasteiger partial charge in [-0.15, -0.1) is 0 Å². The maximum Gasteiger partial charge on any atom is 0.200 e. The molecule has 0 bridgehead atoms. The highest BCUT2D eigenvalue weighted by molar-refractivity contribution is 4.38. The molecule has 1 N–H and O–H groups in total. The molecule has 0 saturated heterocycles. The average Bonchev–Trinajstić information content (AvgIpc) is 2.09. The fourth-order valence-electron chi connectivity index (χ4n) is 0.751. The Labute approximate surface area is 84.9 Å². The van der Waals surface area contributed by atoms with Crippen LogP contribution in [-0.4, -0.2) is 69.5 Å². The lowest BCUT2D eigenvalue weighted by molar-refractivity contribution is -0.277. The molecule has 0 rings (SSSR count). The molecule has 14 heavy (non-hydrogen) atoms. The predicted octanol–water partition coefficient (Wildman–Crippen LogP) is -0.692. The van der Waals surface area contributed by atoms with Crippen LogP contribution in [0.4, 0.5) is 0 Å². The van der Waals surface area contributed by atoms with Crippen molar-refractivity contribution in [1.82, 2.24) is 10.1 Å². The third kappa shape index (κ3) is 8.36. The first-order valence-electron chi connectivity index (χ1n) is 4.43. The lowest BCUT2D eigenvalue weighted by Gasteiger charge is -2.20. The van der Waals surface area contributed by atoms with E-state index in [1.54, 1.807) is 33.3 Å². The Kier molecular flexibility index (Phi) is 7.96. The highest BCUT2D eigenvalue weighted by Gasteiger charge is 2.09. The normalized spacial score (nSPS) is 13.9. The molecule has 0 aliphatic heterocycles. The summed E-state index contributed by atoms with van der Waals surface area (Å²) in [5.41, 5.74) is 0. The third-order valence-electron chi connectivity index (χ3n) is 1.21. The van der Waals surface area contributed by atoms with Crippen LogP contribution in [0, 0.1) is 0 Å². The first-order valence-corrected chi connectivity index (χ1v) is 4.43. The zero-order valence-corrected chi connectivity index (χ0v) is 9.27. The van der Waals surface area contributed by atoms with Gasteiger partial charge in [0, 0.05) is 28.2 Å². The van der Waals surface area contributed by atoms with Crippen molar-refractivity contribution in [2.45, 2.75) is 6.29 Å². The van der Waals surface area contributed by atoms with Crippen LogP contribution in [0.2, 0.25) is 0 Å². The van der Waals surface area contributed by atoms with E-state index in [9.17, 15) is 0 Å². The fraction of sp³-hybridized carbons (Fsp3) is 1.00. The highest BCUT2D eigenvalue weighted by Crippen LogP contribution is 1.95. The Morgan fingerprint density at radius 2 is 1.71 bits per heavy atom. The zero-order valence-electron chi connectivity index (χ0n) is 9.27. The minimum Gasteiger partial charge on any atom is -0.391 e. The molecule has 0 aliphatic carbocycles. The van der Waals surface area contributed by atoms with Crippen molar-refractivity contribution in [1.29, 1.82) is 0 Å². The van der Waals surface area contributed by atoms with Gasteiger partial charge < -0.3 is 9.84 Å². The molecule has 0 radical (unpaired) electrons. The summed E-state index contributed by atoms with van der Waals surface area (Å²) in [6, 6.07) is 0. The number of rotatable bonds is 8. The molecule has 6 heteroatoms. The smallest absolute Gasteiger partial charge is 0.200 e. The number of hydroxylamine groups is 4. The van der Waals surface area contributed by atoms with Crippen LogP contribution < -0.4 is 0 Å². The first-order chi connectivity index (χ1) is 6.56. The van der Waals surface area contributed by atoms with Crippen molar-refractivity contribution in [3.8, 4) is 0 Å². The van der Waals surface area contributed by atoms with Gasteiger partial charge in [-0.1, -0.05) is 0 Å². The predicted molar refractivity (Wildman–Crippen MR) is 51.2 cm³/mol.